The Morgan fingerprint density at radius 2 is 1.63 bits per heavy atom. The molecule has 0 bridgehead atoms. The lowest BCUT2D eigenvalue weighted by atomic mass is 10.1. The van der Waals surface area contributed by atoms with E-state index in [9.17, 15) is 14.4 Å². The van der Waals surface area contributed by atoms with Gasteiger partial charge in [-0.15, -0.1) is 0 Å². The van der Waals surface area contributed by atoms with Crippen LogP contribution in [0.4, 0.5) is 4.79 Å². The second-order valence-corrected chi connectivity index (χ2v) is 7.15. The molecule has 2 aromatic rings. The first-order valence-electron chi connectivity index (χ1n) is 10.0. The summed E-state index contributed by atoms with van der Waals surface area (Å²) in [5.74, 6) is -0.803. The Balaban J connectivity index is 1.82. The normalized spacial score (nSPS) is 10.4. The third-order valence-electron chi connectivity index (χ3n) is 4.34. The molecule has 2 N–H and O–H groups in total. The van der Waals surface area contributed by atoms with Gasteiger partial charge in [-0.1, -0.05) is 42.5 Å². The lowest BCUT2D eigenvalue weighted by Crippen LogP contribution is -2.39. The number of hydrogen-bond acceptors (Lipinski definition) is 4. The van der Waals surface area contributed by atoms with Gasteiger partial charge >= 0.3 is 12.0 Å². The number of rotatable bonds is 9. The molecular formula is C23H29N3O4. The molecule has 0 radical (unpaired) electrons. The summed E-state index contributed by atoms with van der Waals surface area (Å²) in [7, 11) is 0. The van der Waals surface area contributed by atoms with Crippen LogP contribution < -0.4 is 10.6 Å². The van der Waals surface area contributed by atoms with Crippen LogP contribution in [0.2, 0.25) is 0 Å². The molecule has 0 saturated heterocycles. The Hall–Kier alpha value is -3.35. The Kier molecular flexibility index (Phi) is 8.87. The minimum Gasteiger partial charge on any atom is -0.452 e. The molecule has 0 spiro atoms. The highest BCUT2D eigenvalue weighted by Crippen LogP contribution is 2.08. The summed E-state index contributed by atoms with van der Waals surface area (Å²) < 4.78 is 5.18. The summed E-state index contributed by atoms with van der Waals surface area (Å²) in [5.41, 5.74) is 2.22. The Morgan fingerprint density at radius 3 is 2.23 bits per heavy atom. The maximum absolute atomic E-state index is 12.4. The summed E-state index contributed by atoms with van der Waals surface area (Å²) in [6, 6.07) is 16.2. The predicted octanol–water partition coefficient (Wildman–Crippen LogP) is 3.10. The standard InChI is InChI=1S/C23H29N3O4/c1-4-26(15-19-8-6-5-7-9-19)21(27)16-30-22(28)20-12-10-18(11-13-20)14-24-23(29)25-17(2)3/h5-13,17H,4,14-16H2,1-3H3,(H2,24,25,29). The highest BCUT2D eigenvalue weighted by atomic mass is 16.5. The van der Waals surface area contributed by atoms with Crippen molar-refractivity contribution in [1.82, 2.24) is 15.5 Å². The third kappa shape index (κ3) is 7.58. The smallest absolute Gasteiger partial charge is 0.338 e. The molecule has 7 nitrogen and oxygen atoms in total. The second kappa shape index (κ2) is 11.6. The summed E-state index contributed by atoms with van der Waals surface area (Å²) in [4.78, 5) is 37.9. The minimum atomic E-state index is -0.559. The molecule has 0 unspecified atom stereocenters. The van der Waals surface area contributed by atoms with E-state index in [2.05, 4.69) is 10.6 Å². The van der Waals surface area contributed by atoms with Gasteiger partial charge in [0.2, 0.25) is 0 Å². The first kappa shape index (κ1) is 22.9. The Labute approximate surface area is 177 Å². The highest BCUT2D eigenvalue weighted by molar-refractivity contribution is 5.91. The van der Waals surface area contributed by atoms with Crippen LogP contribution in [0.15, 0.2) is 54.6 Å². The van der Waals surface area contributed by atoms with Crippen molar-refractivity contribution in [1.29, 1.82) is 0 Å². The summed E-state index contributed by atoms with van der Waals surface area (Å²) in [5, 5.41) is 5.48. The number of carbonyl (C=O) groups excluding carboxylic acids is 3. The fourth-order valence-corrected chi connectivity index (χ4v) is 2.74. The lowest BCUT2D eigenvalue weighted by molar-refractivity contribution is -0.134. The molecule has 3 amide bonds. The van der Waals surface area contributed by atoms with Crippen LogP contribution in [0.25, 0.3) is 0 Å². The van der Waals surface area contributed by atoms with E-state index in [-0.39, 0.29) is 24.6 Å². The Bertz CT molecular complexity index is 835. The number of esters is 1. The van der Waals surface area contributed by atoms with E-state index in [1.54, 1.807) is 29.2 Å². The van der Waals surface area contributed by atoms with E-state index in [0.29, 0.717) is 25.2 Å². The van der Waals surface area contributed by atoms with E-state index < -0.39 is 5.97 Å². The second-order valence-electron chi connectivity index (χ2n) is 7.15. The van der Waals surface area contributed by atoms with E-state index in [0.717, 1.165) is 11.1 Å². The molecular weight excluding hydrogens is 382 g/mol. The molecule has 0 saturated carbocycles. The summed E-state index contributed by atoms with van der Waals surface area (Å²) in [6.07, 6.45) is 0. The van der Waals surface area contributed by atoms with Crippen LogP contribution >= 0.6 is 0 Å². The molecule has 0 aliphatic carbocycles. The molecule has 160 valence electrons. The van der Waals surface area contributed by atoms with Gasteiger partial charge in [0.15, 0.2) is 6.61 Å². The molecule has 2 aromatic carbocycles. The van der Waals surface area contributed by atoms with E-state index >= 15 is 0 Å². The quantitative estimate of drug-likeness (QED) is 0.621. The van der Waals surface area contributed by atoms with Gasteiger partial charge < -0.3 is 20.3 Å². The van der Waals surface area contributed by atoms with Crippen LogP contribution in [0.1, 0.15) is 42.3 Å². The maximum Gasteiger partial charge on any atom is 0.338 e. The van der Waals surface area contributed by atoms with E-state index in [4.69, 9.17) is 4.74 Å². The van der Waals surface area contributed by atoms with Gasteiger partial charge in [-0.25, -0.2) is 9.59 Å². The first-order valence-corrected chi connectivity index (χ1v) is 10.0. The van der Waals surface area contributed by atoms with Crippen molar-refractivity contribution in [3.05, 3.63) is 71.3 Å². The minimum absolute atomic E-state index is 0.0566. The zero-order valence-corrected chi connectivity index (χ0v) is 17.7. The van der Waals surface area contributed by atoms with Gasteiger partial charge in [0.25, 0.3) is 5.91 Å². The molecule has 0 aromatic heterocycles. The highest BCUT2D eigenvalue weighted by Gasteiger charge is 2.15. The molecule has 0 aliphatic rings. The molecule has 0 aliphatic heterocycles. The summed E-state index contributed by atoms with van der Waals surface area (Å²) in [6.45, 7) is 6.68. The number of nitrogens with zero attached hydrogens (tertiary/aromatic N) is 1. The zero-order valence-electron chi connectivity index (χ0n) is 17.7. The van der Waals surface area contributed by atoms with E-state index in [1.165, 1.54) is 0 Å². The number of carbonyl (C=O) groups is 3. The van der Waals surface area contributed by atoms with Crippen LogP contribution in [-0.2, 0) is 22.6 Å². The van der Waals surface area contributed by atoms with Crippen molar-refractivity contribution in [3.63, 3.8) is 0 Å². The van der Waals surface area contributed by atoms with Gasteiger partial charge in [0.05, 0.1) is 5.56 Å². The molecule has 0 heterocycles. The molecule has 30 heavy (non-hydrogen) atoms. The van der Waals surface area contributed by atoms with Crippen LogP contribution in [-0.4, -0.2) is 42.0 Å². The third-order valence-corrected chi connectivity index (χ3v) is 4.34. The topological polar surface area (TPSA) is 87.7 Å². The number of hydrogen-bond donors (Lipinski definition) is 2. The fraction of sp³-hybridized carbons (Fsp3) is 0.348. The van der Waals surface area contributed by atoms with Gasteiger partial charge in [-0.2, -0.15) is 0 Å². The van der Waals surface area contributed by atoms with Crippen molar-refractivity contribution < 1.29 is 19.1 Å². The van der Waals surface area contributed by atoms with Crippen LogP contribution in [0.3, 0.4) is 0 Å². The van der Waals surface area contributed by atoms with Crippen molar-refractivity contribution in [3.8, 4) is 0 Å². The lowest BCUT2D eigenvalue weighted by Gasteiger charge is -2.20. The van der Waals surface area contributed by atoms with Gasteiger partial charge in [-0.05, 0) is 44.0 Å². The Morgan fingerprint density at radius 1 is 0.967 bits per heavy atom. The van der Waals surface area contributed by atoms with Gasteiger partial charge in [0, 0.05) is 25.7 Å². The molecule has 7 heteroatoms. The summed E-state index contributed by atoms with van der Waals surface area (Å²) >= 11 is 0. The monoisotopic (exact) mass is 411 g/mol. The van der Waals surface area contributed by atoms with Crippen LogP contribution in [0, 0.1) is 0 Å². The van der Waals surface area contributed by atoms with Crippen molar-refractivity contribution in [2.75, 3.05) is 13.2 Å². The number of urea groups is 1. The van der Waals surface area contributed by atoms with Gasteiger partial charge in [0.1, 0.15) is 0 Å². The van der Waals surface area contributed by atoms with E-state index in [1.807, 2.05) is 51.1 Å². The number of nitrogens with one attached hydrogen (secondary N) is 2. The largest absolute Gasteiger partial charge is 0.452 e. The molecule has 0 fully saturated rings. The number of amides is 3. The van der Waals surface area contributed by atoms with Crippen LogP contribution in [0.5, 0.6) is 0 Å². The fourth-order valence-electron chi connectivity index (χ4n) is 2.74. The SMILES string of the molecule is CCN(Cc1ccccc1)C(=O)COC(=O)c1ccc(CNC(=O)NC(C)C)cc1. The van der Waals surface area contributed by atoms with Gasteiger partial charge in [-0.3, -0.25) is 4.79 Å². The predicted molar refractivity (Wildman–Crippen MR) is 115 cm³/mol. The first-order chi connectivity index (χ1) is 14.4. The molecule has 0 atom stereocenters. The zero-order chi connectivity index (χ0) is 21.9. The molecule has 2 rings (SSSR count). The maximum atomic E-state index is 12.4. The van der Waals surface area contributed by atoms with Crippen molar-refractivity contribution in [2.24, 2.45) is 0 Å². The number of ether oxygens (including phenoxy) is 1. The number of likely N-dealkylation sites (N-methyl/N-ethyl adjacent to an activating group) is 1. The number of benzene rings is 2. The average molecular weight is 412 g/mol. The van der Waals surface area contributed by atoms with Crippen molar-refractivity contribution in [2.45, 2.75) is 39.9 Å². The average Bonchev–Trinajstić information content (AvgIpc) is 2.74. The van der Waals surface area contributed by atoms with Crippen molar-refractivity contribution >= 4 is 17.9 Å².